The molecule has 1 aromatic heterocycles. The zero-order chi connectivity index (χ0) is 13.7. The lowest BCUT2D eigenvalue weighted by Crippen LogP contribution is -2.04. The fraction of sp³-hybridized carbons (Fsp3) is 0.214. The van der Waals surface area contributed by atoms with E-state index in [1.807, 2.05) is 30.3 Å². The first-order valence-electron chi connectivity index (χ1n) is 6.12. The van der Waals surface area contributed by atoms with Crippen molar-refractivity contribution in [3.8, 4) is 0 Å². The molecule has 0 aliphatic heterocycles. The number of nitrogens with one attached hydrogen (secondary N) is 2. The number of hydrogen-bond acceptors (Lipinski definition) is 3. The number of aromatic nitrogens is 1. The Bertz CT molecular complexity index is 544. The van der Waals surface area contributed by atoms with Crippen LogP contribution >= 0.6 is 23.2 Å². The molecule has 0 aliphatic rings. The molecular formula is C14H15Cl2N3. The second-order valence-electron chi connectivity index (χ2n) is 4.07. The Morgan fingerprint density at radius 1 is 1.05 bits per heavy atom. The summed E-state index contributed by atoms with van der Waals surface area (Å²) in [5.74, 6) is 1.24. The van der Waals surface area contributed by atoms with Crippen LogP contribution in [0.2, 0.25) is 10.0 Å². The van der Waals surface area contributed by atoms with Gasteiger partial charge in [0.05, 0.1) is 10.0 Å². The van der Waals surface area contributed by atoms with Gasteiger partial charge in [0.1, 0.15) is 5.82 Å². The first-order chi connectivity index (χ1) is 9.20. The third-order valence-corrected chi connectivity index (χ3v) is 3.08. The predicted octanol–water partition coefficient (Wildman–Crippen LogP) is 4.95. The number of benzene rings is 1. The molecule has 2 N–H and O–H groups in total. The Labute approximate surface area is 123 Å². The maximum atomic E-state index is 6.15. The molecule has 0 saturated heterocycles. The van der Waals surface area contributed by atoms with E-state index in [0.717, 1.165) is 18.7 Å². The van der Waals surface area contributed by atoms with Crippen molar-refractivity contribution in [1.82, 2.24) is 4.98 Å². The van der Waals surface area contributed by atoms with Gasteiger partial charge < -0.3 is 10.6 Å². The van der Waals surface area contributed by atoms with Gasteiger partial charge in [-0.3, -0.25) is 0 Å². The van der Waals surface area contributed by atoms with E-state index in [-0.39, 0.29) is 0 Å². The van der Waals surface area contributed by atoms with Crippen molar-refractivity contribution >= 4 is 40.5 Å². The first-order valence-corrected chi connectivity index (χ1v) is 6.88. The van der Waals surface area contributed by atoms with E-state index in [1.165, 1.54) is 0 Å². The summed E-state index contributed by atoms with van der Waals surface area (Å²) in [6, 6.07) is 11.4. The van der Waals surface area contributed by atoms with E-state index in [0.29, 0.717) is 21.7 Å². The SMILES string of the molecule is CCCNc1nc(Nc2ccccc2)c(Cl)cc1Cl. The van der Waals surface area contributed by atoms with E-state index >= 15 is 0 Å². The second kappa shape index (κ2) is 6.64. The summed E-state index contributed by atoms with van der Waals surface area (Å²) in [6.45, 7) is 2.90. The minimum atomic E-state index is 0.496. The van der Waals surface area contributed by atoms with Crippen LogP contribution < -0.4 is 10.6 Å². The number of rotatable bonds is 5. The number of halogens is 2. The Morgan fingerprint density at radius 3 is 2.42 bits per heavy atom. The van der Waals surface area contributed by atoms with Gasteiger partial charge in [-0.15, -0.1) is 0 Å². The minimum absolute atomic E-state index is 0.496. The van der Waals surface area contributed by atoms with Gasteiger partial charge in [0, 0.05) is 12.2 Å². The normalized spacial score (nSPS) is 10.3. The average molecular weight is 296 g/mol. The number of nitrogens with zero attached hydrogens (tertiary/aromatic N) is 1. The molecule has 5 heteroatoms. The maximum absolute atomic E-state index is 6.15. The Hall–Kier alpha value is -1.45. The minimum Gasteiger partial charge on any atom is -0.369 e. The van der Waals surface area contributed by atoms with E-state index < -0.39 is 0 Å². The molecule has 0 spiro atoms. The molecule has 0 fully saturated rings. The summed E-state index contributed by atoms with van der Waals surface area (Å²) in [7, 11) is 0. The summed E-state index contributed by atoms with van der Waals surface area (Å²) in [4.78, 5) is 4.42. The highest BCUT2D eigenvalue weighted by atomic mass is 35.5. The van der Waals surface area contributed by atoms with Crippen LogP contribution in [0.25, 0.3) is 0 Å². The molecule has 1 aromatic carbocycles. The first kappa shape index (κ1) is 14.0. The topological polar surface area (TPSA) is 37.0 Å². The zero-order valence-corrected chi connectivity index (χ0v) is 12.1. The van der Waals surface area contributed by atoms with Crippen molar-refractivity contribution in [3.63, 3.8) is 0 Å². The van der Waals surface area contributed by atoms with Gasteiger partial charge in [-0.1, -0.05) is 48.3 Å². The summed E-state index contributed by atoms with van der Waals surface area (Å²) in [6.07, 6.45) is 1.00. The van der Waals surface area contributed by atoms with Crippen LogP contribution in [-0.2, 0) is 0 Å². The van der Waals surface area contributed by atoms with Crippen LogP contribution in [0.4, 0.5) is 17.3 Å². The van der Waals surface area contributed by atoms with E-state index in [2.05, 4.69) is 22.5 Å². The third kappa shape index (κ3) is 3.75. The van der Waals surface area contributed by atoms with Gasteiger partial charge >= 0.3 is 0 Å². The van der Waals surface area contributed by atoms with Gasteiger partial charge in [0.2, 0.25) is 0 Å². The molecular weight excluding hydrogens is 281 g/mol. The Morgan fingerprint density at radius 2 is 1.74 bits per heavy atom. The number of para-hydroxylation sites is 1. The second-order valence-corrected chi connectivity index (χ2v) is 4.88. The van der Waals surface area contributed by atoms with Gasteiger partial charge in [0.25, 0.3) is 0 Å². The highest BCUT2D eigenvalue weighted by Gasteiger charge is 2.09. The zero-order valence-electron chi connectivity index (χ0n) is 10.6. The highest BCUT2D eigenvalue weighted by molar-refractivity contribution is 6.37. The lowest BCUT2D eigenvalue weighted by molar-refractivity contribution is 0.970. The van der Waals surface area contributed by atoms with Gasteiger partial charge in [-0.25, -0.2) is 4.98 Å². The standard InChI is InChI=1S/C14H15Cl2N3/c1-2-8-17-13-11(15)9-12(16)14(19-13)18-10-6-4-3-5-7-10/h3-7,9H,2,8H2,1H3,(H2,17,18,19). The molecule has 0 amide bonds. The molecule has 2 aromatic rings. The van der Waals surface area contributed by atoms with Crippen molar-refractivity contribution in [3.05, 3.63) is 46.4 Å². The van der Waals surface area contributed by atoms with Gasteiger partial charge in [-0.2, -0.15) is 0 Å². The quantitative estimate of drug-likeness (QED) is 0.819. The van der Waals surface area contributed by atoms with E-state index in [4.69, 9.17) is 23.2 Å². The summed E-state index contributed by atoms with van der Waals surface area (Å²) < 4.78 is 0. The van der Waals surface area contributed by atoms with Crippen molar-refractivity contribution in [2.45, 2.75) is 13.3 Å². The van der Waals surface area contributed by atoms with Crippen LogP contribution in [0, 0.1) is 0 Å². The smallest absolute Gasteiger partial charge is 0.151 e. The molecule has 0 bridgehead atoms. The third-order valence-electron chi connectivity index (χ3n) is 2.51. The Balaban J connectivity index is 2.24. The number of anilines is 3. The van der Waals surface area contributed by atoms with Crippen molar-refractivity contribution in [2.75, 3.05) is 17.2 Å². The van der Waals surface area contributed by atoms with Crippen molar-refractivity contribution in [1.29, 1.82) is 0 Å². The summed E-state index contributed by atoms with van der Waals surface area (Å²) in [5, 5.41) is 7.37. The van der Waals surface area contributed by atoms with Crippen LogP contribution in [0.1, 0.15) is 13.3 Å². The molecule has 0 atom stereocenters. The fourth-order valence-corrected chi connectivity index (χ4v) is 2.05. The number of pyridine rings is 1. The van der Waals surface area contributed by atoms with Crippen LogP contribution in [0.3, 0.4) is 0 Å². The molecule has 3 nitrogen and oxygen atoms in total. The van der Waals surface area contributed by atoms with Gasteiger partial charge in [-0.05, 0) is 24.6 Å². The molecule has 2 rings (SSSR count). The van der Waals surface area contributed by atoms with Gasteiger partial charge in [0.15, 0.2) is 5.82 Å². The van der Waals surface area contributed by atoms with Crippen LogP contribution in [-0.4, -0.2) is 11.5 Å². The lowest BCUT2D eigenvalue weighted by atomic mass is 10.3. The van der Waals surface area contributed by atoms with E-state index in [9.17, 15) is 0 Å². The monoisotopic (exact) mass is 295 g/mol. The predicted molar refractivity (Wildman–Crippen MR) is 82.8 cm³/mol. The maximum Gasteiger partial charge on any atom is 0.151 e. The molecule has 0 radical (unpaired) electrons. The van der Waals surface area contributed by atoms with Crippen LogP contribution in [0.5, 0.6) is 0 Å². The molecule has 100 valence electrons. The molecule has 0 unspecified atom stereocenters. The average Bonchev–Trinajstić information content (AvgIpc) is 2.42. The Kier molecular flexibility index (Phi) is 4.88. The largest absolute Gasteiger partial charge is 0.369 e. The summed E-state index contributed by atoms with van der Waals surface area (Å²) >= 11 is 12.3. The van der Waals surface area contributed by atoms with Crippen LogP contribution in [0.15, 0.2) is 36.4 Å². The molecule has 19 heavy (non-hydrogen) atoms. The van der Waals surface area contributed by atoms with Crippen molar-refractivity contribution in [2.24, 2.45) is 0 Å². The number of hydrogen-bond donors (Lipinski definition) is 2. The highest BCUT2D eigenvalue weighted by Crippen LogP contribution is 2.30. The lowest BCUT2D eigenvalue weighted by Gasteiger charge is -2.12. The molecule has 0 saturated carbocycles. The van der Waals surface area contributed by atoms with Crippen molar-refractivity contribution < 1.29 is 0 Å². The molecule has 0 aliphatic carbocycles. The van der Waals surface area contributed by atoms with E-state index in [1.54, 1.807) is 6.07 Å². The summed E-state index contributed by atoms with van der Waals surface area (Å²) in [5.41, 5.74) is 0.931. The molecule has 1 heterocycles. The fourth-order valence-electron chi connectivity index (χ4n) is 1.58.